The highest BCUT2D eigenvalue weighted by molar-refractivity contribution is 5.95. The number of hydrogen-bond donors (Lipinski definition) is 0. The van der Waals surface area contributed by atoms with Gasteiger partial charge in [0, 0.05) is 67.7 Å². The van der Waals surface area contributed by atoms with Crippen molar-refractivity contribution >= 4 is 22.6 Å². The Bertz CT molecular complexity index is 1640. The molecule has 226 valence electrons. The Hall–Kier alpha value is -4.00. The maximum atomic E-state index is 13.2. The zero-order chi connectivity index (χ0) is 29.7. The van der Waals surface area contributed by atoms with Crippen molar-refractivity contribution in [3.63, 3.8) is 0 Å². The Labute approximate surface area is 259 Å². The summed E-state index contributed by atoms with van der Waals surface area (Å²) in [6.45, 7) is 2.67. The highest BCUT2D eigenvalue weighted by atomic mass is 16.2. The Balaban J connectivity index is 0.837. The quantitative estimate of drug-likeness (QED) is 0.250. The molecule has 5 aliphatic rings. The molecule has 3 heterocycles. The molecule has 0 unspecified atom stereocenters. The Morgan fingerprint density at radius 2 is 1.36 bits per heavy atom. The van der Waals surface area contributed by atoms with E-state index in [4.69, 9.17) is 0 Å². The van der Waals surface area contributed by atoms with Crippen molar-refractivity contribution in [1.82, 2.24) is 24.6 Å². The molecule has 0 atom stereocenters. The van der Waals surface area contributed by atoms with Crippen molar-refractivity contribution in [2.75, 3.05) is 26.2 Å². The van der Waals surface area contributed by atoms with Gasteiger partial charge >= 0.3 is 0 Å². The topological polar surface area (TPSA) is 71.3 Å². The van der Waals surface area contributed by atoms with Crippen molar-refractivity contribution in [3.8, 4) is 22.3 Å². The van der Waals surface area contributed by atoms with Crippen LogP contribution in [0.5, 0.6) is 0 Å². The lowest BCUT2D eigenvalue weighted by Crippen LogP contribution is -2.51. The molecule has 7 heteroatoms. The second-order valence-electron chi connectivity index (χ2n) is 14.1. The summed E-state index contributed by atoms with van der Waals surface area (Å²) in [5.41, 5.74) is 4.71. The van der Waals surface area contributed by atoms with Gasteiger partial charge < -0.3 is 9.80 Å². The van der Waals surface area contributed by atoms with Crippen LogP contribution in [-0.4, -0.2) is 62.6 Å². The van der Waals surface area contributed by atoms with E-state index in [2.05, 4.69) is 52.5 Å². The number of carbonyl (C=O) groups excluding carboxylic acids is 2. The Morgan fingerprint density at radius 1 is 0.727 bits per heavy atom. The summed E-state index contributed by atoms with van der Waals surface area (Å²) in [7, 11) is 0. The Kier molecular flexibility index (Phi) is 6.99. The number of benzene rings is 2. The van der Waals surface area contributed by atoms with Crippen LogP contribution in [0.3, 0.4) is 0 Å². The maximum absolute atomic E-state index is 13.2. The van der Waals surface area contributed by atoms with Crippen LogP contribution in [0.15, 0.2) is 73.3 Å². The third-order valence-electron chi connectivity index (χ3n) is 11.1. The highest BCUT2D eigenvalue weighted by Gasteiger charge is 2.50. The zero-order valence-corrected chi connectivity index (χ0v) is 25.4. The van der Waals surface area contributed by atoms with Crippen molar-refractivity contribution in [2.24, 2.45) is 23.2 Å². The van der Waals surface area contributed by atoms with Gasteiger partial charge in [-0.05, 0) is 84.6 Å². The van der Waals surface area contributed by atoms with Gasteiger partial charge in [-0.25, -0.2) is 0 Å². The highest BCUT2D eigenvalue weighted by Crippen LogP contribution is 2.61. The maximum Gasteiger partial charge on any atom is 0.244 e. The molecule has 1 saturated heterocycles. The first-order valence-corrected chi connectivity index (χ1v) is 16.5. The van der Waals surface area contributed by atoms with Gasteiger partial charge in [0.2, 0.25) is 11.8 Å². The molecule has 0 N–H and O–H groups in total. The van der Waals surface area contributed by atoms with E-state index in [1.807, 2.05) is 40.7 Å². The number of nitrogens with zero attached hydrogens (tertiary/aromatic N) is 5. The molecule has 44 heavy (non-hydrogen) atoms. The predicted molar refractivity (Wildman–Crippen MR) is 171 cm³/mol. The van der Waals surface area contributed by atoms with E-state index in [1.165, 1.54) is 43.9 Å². The van der Waals surface area contributed by atoms with Crippen molar-refractivity contribution in [1.29, 1.82) is 0 Å². The first-order valence-electron chi connectivity index (χ1n) is 16.5. The van der Waals surface area contributed by atoms with Crippen LogP contribution in [-0.2, 0) is 16.1 Å². The van der Waals surface area contributed by atoms with Crippen LogP contribution in [0, 0.1) is 23.2 Å². The summed E-state index contributed by atoms with van der Waals surface area (Å²) in [6, 6.07) is 16.7. The van der Waals surface area contributed by atoms with Gasteiger partial charge in [-0.2, -0.15) is 5.10 Å². The fourth-order valence-corrected chi connectivity index (χ4v) is 9.36. The summed E-state index contributed by atoms with van der Waals surface area (Å²) in [6.07, 6.45) is 17.7. The molecule has 0 spiro atoms. The van der Waals surface area contributed by atoms with E-state index in [0.717, 1.165) is 51.8 Å². The molecule has 5 fully saturated rings. The van der Waals surface area contributed by atoms with Gasteiger partial charge in [0.25, 0.3) is 0 Å². The molecule has 7 nitrogen and oxygen atoms in total. The molecule has 4 saturated carbocycles. The molecule has 2 aromatic heterocycles. The molecule has 2 amide bonds. The number of piperazine rings is 1. The van der Waals surface area contributed by atoms with E-state index in [-0.39, 0.29) is 18.4 Å². The first-order chi connectivity index (χ1) is 21.5. The standard InChI is InChI=1S/C37H41N5O2/c43-35(9-10-37-18-26-15-27(19-37)17-28(16-26)20-37)40-11-13-41(14-12-40)36(44)25-42-24-32(22-39-42)29-5-7-30(8-6-29)34-23-38-21-31-3-1-2-4-33(31)34/h1-8,21-24,26-28H,9-20,25H2. The lowest BCUT2D eigenvalue weighted by Gasteiger charge is -2.57. The fraction of sp³-hybridized carbons (Fsp3) is 0.459. The summed E-state index contributed by atoms with van der Waals surface area (Å²) < 4.78 is 1.73. The van der Waals surface area contributed by atoms with E-state index in [1.54, 1.807) is 4.68 Å². The molecular formula is C37H41N5O2. The summed E-state index contributed by atoms with van der Waals surface area (Å²) in [4.78, 5) is 34.6. The molecule has 0 radical (unpaired) electrons. The average Bonchev–Trinajstić information content (AvgIpc) is 3.51. The number of aromatic nitrogens is 3. The summed E-state index contributed by atoms with van der Waals surface area (Å²) in [5.74, 6) is 3.12. The van der Waals surface area contributed by atoms with E-state index < -0.39 is 0 Å². The van der Waals surface area contributed by atoms with E-state index in [9.17, 15) is 9.59 Å². The third-order valence-corrected chi connectivity index (χ3v) is 11.1. The smallest absolute Gasteiger partial charge is 0.244 e. The molecule has 9 rings (SSSR count). The number of hydrogen-bond acceptors (Lipinski definition) is 4. The van der Waals surface area contributed by atoms with Gasteiger partial charge in [0.05, 0.1) is 6.20 Å². The lowest BCUT2D eigenvalue weighted by atomic mass is 9.48. The SMILES string of the molecule is O=C(CCC12CC3CC(CC(C3)C1)C2)N1CCN(C(=O)Cn2cc(-c3ccc(-c4cncc5ccccc45)cc3)cn2)CC1. The monoisotopic (exact) mass is 587 g/mol. The minimum atomic E-state index is 0.0547. The minimum absolute atomic E-state index is 0.0547. The summed E-state index contributed by atoms with van der Waals surface area (Å²) >= 11 is 0. The lowest BCUT2D eigenvalue weighted by molar-refractivity contribution is -0.141. The molecular weight excluding hydrogens is 546 g/mol. The molecule has 1 aliphatic heterocycles. The zero-order valence-electron chi connectivity index (χ0n) is 25.4. The largest absolute Gasteiger partial charge is 0.339 e. The molecule has 2 aromatic carbocycles. The van der Waals surface area contributed by atoms with Crippen LogP contribution in [0.2, 0.25) is 0 Å². The van der Waals surface area contributed by atoms with Crippen molar-refractivity contribution < 1.29 is 9.59 Å². The normalized spacial score (nSPS) is 26.0. The van der Waals surface area contributed by atoms with Crippen LogP contribution in [0.1, 0.15) is 51.4 Å². The van der Waals surface area contributed by atoms with Crippen LogP contribution in [0.25, 0.3) is 33.0 Å². The van der Waals surface area contributed by atoms with Crippen LogP contribution >= 0.6 is 0 Å². The summed E-state index contributed by atoms with van der Waals surface area (Å²) in [5, 5.41) is 6.80. The van der Waals surface area contributed by atoms with Crippen molar-refractivity contribution in [3.05, 3.63) is 73.3 Å². The molecule has 4 aliphatic carbocycles. The van der Waals surface area contributed by atoms with Gasteiger partial charge in [-0.3, -0.25) is 19.3 Å². The number of rotatable bonds is 7. The Morgan fingerprint density at radius 3 is 2.07 bits per heavy atom. The minimum Gasteiger partial charge on any atom is -0.339 e. The number of carbonyl (C=O) groups is 2. The van der Waals surface area contributed by atoms with Gasteiger partial charge in [-0.15, -0.1) is 0 Å². The molecule has 4 aromatic rings. The van der Waals surface area contributed by atoms with Crippen molar-refractivity contribution in [2.45, 2.75) is 57.9 Å². The fourth-order valence-electron chi connectivity index (χ4n) is 9.36. The number of fused-ring (bicyclic) bond motifs is 1. The predicted octanol–water partition coefficient (Wildman–Crippen LogP) is 6.43. The second kappa shape index (κ2) is 11.2. The van der Waals surface area contributed by atoms with Gasteiger partial charge in [-0.1, -0.05) is 48.5 Å². The van der Waals surface area contributed by atoms with Gasteiger partial charge in [0.1, 0.15) is 6.54 Å². The first kappa shape index (κ1) is 27.5. The van der Waals surface area contributed by atoms with E-state index >= 15 is 0 Å². The second-order valence-corrected chi connectivity index (χ2v) is 14.1. The van der Waals surface area contributed by atoms with Gasteiger partial charge in [0.15, 0.2) is 0 Å². The van der Waals surface area contributed by atoms with Crippen LogP contribution in [0.4, 0.5) is 0 Å². The van der Waals surface area contributed by atoms with Crippen LogP contribution < -0.4 is 0 Å². The van der Waals surface area contributed by atoms with E-state index in [0.29, 0.717) is 38.0 Å². The third kappa shape index (κ3) is 5.31. The number of pyridine rings is 1. The number of amides is 2. The average molecular weight is 588 g/mol. The molecule has 4 bridgehead atoms.